The summed E-state index contributed by atoms with van der Waals surface area (Å²) < 4.78 is 4.67. The van der Waals surface area contributed by atoms with Gasteiger partial charge in [0, 0.05) is 26.1 Å². The predicted octanol–water partition coefficient (Wildman–Crippen LogP) is 2.19. The van der Waals surface area contributed by atoms with Gasteiger partial charge in [0.2, 0.25) is 5.91 Å². The number of hydrogen-bond acceptors (Lipinski definition) is 4. The van der Waals surface area contributed by atoms with Crippen LogP contribution in [-0.2, 0) is 9.53 Å². The summed E-state index contributed by atoms with van der Waals surface area (Å²) in [5.74, 6) is -0.782. The Morgan fingerprint density at radius 2 is 1.96 bits per heavy atom. The van der Waals surface area contributed by atoms with Crippen LogP contribution in [0.1, 0.15) is 31.1 Å². The molecule has 0 spiro atoms. The lowest BCUT2D eigenvalue weighted by Crippen LogP contribution is -2.43. The minimum atomic E-state index is -0.522. The second kappa shape index (κ2) is 9.12. The number of amides is 3. The van der Waals surface area contributed by atoms with E-state index in [9.17, 15) is 14.4 Å². The molecule has 0 aliphatic heterocycles. The fraction of sp³-hybridized carbons (Fsp3) is 0.438. The first kappa shape index (κ1) is 19.8. The van der Waals surface area contributed by atoms with Gasteiger partial charge in [-0.15, -0.1) is 0 Å². The molecule has 1 rings (SSSR count). The van der Waals surface area contributed by atoms with Crippen molar-refractivity contribution in [2.24, 2.45) is 0 Å². The topological polar surface area (TPSA) is 87.7 Å². The predicted molar refractivity (Wildman–Crippen MR) is 92.5 cm³/mol. The largest absolute Gasteiger partial charge is 0.465 e. The van der Waals surface area contributed by atoms with Crippen LogP contribution in [0, 0.1) is 0 Å². The Labute approximate surface area is 146 Å². The molecule has 0 radical (unpaired) electrons. The Hall–Kier alpha value is -2.28. The van der Waals surface area contributed by atoms with Crippen LogP contribution in [0.2, 0.25) is 5.02 Å². The highest BCUT2D eigenvalue weighted by molar-refractivity contribution is 6.34. The number of carbonyl (C=O) groups excluding carboxylic acids is 3. The zero-order valence-corrected chi connectivity index (χ0v) is 14.9. The van der Waals surface area contributed by atoms with Crippen LogP contribution in [0.3, 0.4) is 0 Å². The summed E-state index contributed by atoms with van der Waals surface area (Å²) in [7, 11) is 1.27. The van der Waals surface area contributed by atoms with Gasteiger partial charge in [-0.3, -0.25) is 4.79 Å². The third-order valence-electron chi connectivity index (χ3n) is 3.08. The first-order valence-corrected chi connectivity index (χ1v) is 7.84. The normalized spacial score (nSPS) is 10.2. The lowest BCUT2D eigenvalue weighted by atomic mass is 10.2. The number of hydrogen-bond donors (Lipinski definition) is 2. The highest BCUT2D eigenvalue weighted by atomic mass is 35.5. The Morgan fingerprint density at radius 1 is 1.29 bits per heavy atom. The number of nitrogens with zero attached hydrogens (tertiary/aromatic N) is 1. The molecule has 132 valence electrons. The molecule has 0 heterocycles. The number of carbonyl (C=O) groups is 3. The SMILES string of the molecule is COC(=O)c1ccc(Cl)c(N(CCNC(=O)NC(C)C)C(C)=O)c1. The van der Waals surface area contributed by atoms with E-state index in [1.807, 2.05) is 13.8 Å². The molecule has 0 saturated carbocycles. The Kier molecular flexibility index (Phi) is 7.51. The summed E-state index contributed by atoms with van der Waals surface area (Å²) in [4.78, 5) is 36.5. The molecule has 1 aromatic rings. The molecule has 24 heavy (non-hydrogen) atoms. The highest BCUT2D eigenvalue weighted by Crippen LogP contribution is 2.27. The van der Waals surface area contributed by atoms with E-state index in [4.69, 9.17) is 11.6 Å². The quantitative estimate of drug-likeness (QED) is 0.766. The van der Waals surface area contributed by atoms with Crippen LogP contribution in [0.4, 0.5) is 10.5 Å². The first-order valence-electron chi connectivity index (χ1n) is 7.46. The maximum atomic E-state index is 11.9. The Morgan fingerprint density at radius 3 is 2.50 bits per heavy atom. The molecule has 2 N–H and O–H groups in total. The smallest absolute Gasteiger partial charge is 0.337 e. The van der Waals surface area contributed by atoms with Gasteiger partial charge in [-0.1, -0.05) is 11.6 Å². The van der Waals surface area contributed by atoms with Gasteiger partial charge in [0.05, 0.1) is 23.4 Å². The molecule has 3 amide bonds. The zero-order chi connectivity index (χ0) is 18.3. The molecule has 0 aliphatic rings. The molecule has 8 heteroatoms. The minimum Gasteiger partial charge on any atom is -0.465 e. The molecule has 0 unspecified atom stereocenters. The van der Waals surface area contributed by atoms with Crippen LogP contribution in [-0.4, -0.2) is 44.1 Å². The number of benzene rings is 1. The van der Waals surface area contributed by atoms with E-state index in [-0.39, 0.29) is 36.6 Å². The van der Waals surface area contributed by atoms with E-state index in [1.165, 1.54) is 37.1 Å². The van der Waals surface area contributed by atoms with Crippen molar-refractivity contribution in [3.05, 3.63) is 28.8 Å². The van der Waals surface area contributed by atoms with Gasteiger partial charge in [-0.2, -0.15) is 0 Å². The minimum absolute atomic E-state index is 0.0140. The van der Waals surface area contributed by atoms with Crippen LogP contribution in [0.5, 0.6) is 0 Å². The number of halogens is 1. The molecule has 7 nitrogen and oxygen atoms in total. The van der Waals surface area contributed by atoms with E-state index in [0.29, 0.717) is 10.7 Å². The van der Waals surface area contributed by atoms with Crippen molar-refractivity contribution in [2.45, 2.75) is 26.8 Å². The van der Waals surface area contributed by atoms with Crippen molar-refractivity contribution in [1.29, 1.82) is 0 Å². The van der Waals surface area contributed by atoms with Crippen molar-refractivity contribution in [1.82, 2.24) is 10.6 Å². The van der Waals surface area contributed by atoms with Gasteiger partial charge in [0.25, 0.3) is 0 Å². The monoisotopic (exact) mass is 355 g/mol. The molecule has 0 atom stereocenters. The summed E-state index contributed by atoms with van der Waals surface area (Å²) in [6, 6.07) is 4.23. The number of methoxy groups -OCH3 is 1. The van der Waals surface area contributed by atoms with E-state index in [2.05, 4.69) is 15.4 Å². The van der Waals surface area contributed by atoms with Gasteiger partial charge in [0.15, 0.2) is 0 Å². The van der Waals surface area contributed by atoms with Gasteiger partial charge in [0.1, 0.15) is 0 Å². The Balaban J connectivity index is 2.87. The van der Waals surface area contributed by atoms with Gasteiger partial charge < -0.3 is 20.3 Å². The fourth-order valence-electron chi connectivity index (χ4n) is 2.01. The average molecular weight is 356 g/mol. The summed E-state index contributed by atoms with van der Waals surface area (Å²) in [6.45, 7) is 5.52. The summed E-state index contributed by atoms with van der Waals surface area (Å²) in [5.41, 5.74) is 0.673. The molecule has 0 fully saturated rings. The van der Waals surface area contributed by atoms with Gasteiger partial charge >= 0.3 is 12.0 Å². The number of ether oxygens (including phenoxy) is 1. The Bertz CT molecular complexity index is 619. The third-order valence-corrected chi connectivity index (χ3v) is 3.40. The average Bonchev–Trinajstić information content (AvgIpc) is 2.50. The van der Waals surface area contributed by atoms with Crippen LogP contribution in [0.25, 0.3) is 0 Å². The number of rotatable bonds is 6. The molecule has 1 aromatic carbocycles. The second-order valence-corrected chi connectivity index (χ2v) is 5.79. The van der Waals surface area contributed by atoms with Crippen molar-refractivity contribution >= 4 is 35.2 Å². The number of esters is 1. The van der Waals surface area contributed by atoms with Gasteiger partial charge in [-0.25, -0.2) is 9.59 Å². The third kappa shape index (κ3) is 5.73. The molecule has 0 saturated heterocycles. The number of urea groups is 1. The molecule has 0 aliphatic carbocycles. The van der Waals surface area contributed by atoms with Crippen molar-refractivity contribution in [2.75, 3.05) is 25.1 Å². The standard InChI is InChI=1S/C16H22ClN3O4/c1-10(2)19-16(23)18-7-8-20(11(3)21)14-9-12(15(22)24-4)5-6-13(14)17/h5-6,9-10H,7-8H2,1-4H3,(H2,18,19,23). The molecule has 0 bridgehead atoms. The van der Waals surface area contributed by atoms with Crippen LogP contribution >= 0.6 is 11.6 Å². The summed E-state index contributed by atoms with van der Waals surface area (Å²) in [6.07, 6.45) is 0. The fourth-order valence-corrected chi connectivity index (χ4v) is 2.23. The van der Waals surface area contributed by atoms with Crippen molar-refractivity contribution in [3.8, 4) is 0 Å². The van der Waals surface area contributed by atoms with Gasteiger partial charge in [-0.05, 0) is 32.0 Å². The van der Waals surface area contributed by atoms with E-state index in [1.54, 1.807) is 0 Å². The number of nitrogens with one attached hydrogen (secondary N) is 2. The second-order valence-electron chi connectivity index (χ2n) is 5.38. The van der Waals surface area contributed by atoms with E-state index < -0.39 is 5.97 Å². The van der Waals surface area contributed by atoms with E-state index >= 15 is 0 Å². The van der Waals surface area contributed by atoms with Crippen LogP contribution < -0.4 is 15.5 Å². The molecule has 0 aromatic heterocycles. The first-order chi connectivity index (χ1) is 11.3. The lowest BCUT2D eigenvalue weighted by Gasteiger charge is -2.23. The number of anilines is 1. The zero-order valence-electron chi connectivity index (χ0n) is 14.2. The van der Waals surface area contributed by atoms with Crippen molar-refractivity contribution in [3.63, 3.8) is 0 Å². The van der Waals surface area contributed by atoms with E-state index in [0.717, 1.165) is 0 Å². The molecular formula is C16H22ClN3O4. The summed E-state index contributed by atoms with van der Waals surface area (Å²) in [5, 5.41) is 5.67. The molecular weight excluding hydrogens is 334 g/mol. The lowest BCUT2D eigenvalue weighted by molar-refractivity contribution is -0.116. The maximum Gasteiger partial charge on any atom is 0.337 e. The maximum absolute atomic E-state index is 11.9. The van der Waals surface area contributed by atoms with Crippen LogP contribution in [0.15, 0.2) is 18.2 Å². The summed E-state index contributed by atoms with van der Waals surface area (Å²) >= 11 is 6.15. The highest BCUT2D eigenvalue weighted by Gasteiger charge is 2.17. The van der Waals surface area contributed by atoms with Crippen molar-refractivity contribution < 1.29 is 19.1 Å².